The molecule has 1 heterocycles. The van der Waals surface area contributed by atoms with Crippen LogP contribution in [0, 0.1) is 0 Å². The van der Waals surface area contributed by atoms with Crippen LogP contribution < -0.4 is 10.6 Å². The Hall–Kier alpha value is -1.06. The molecule has 3 nitrogen and oxygen atoms in total. The van der Waals surface area contributed by atoms with Gasteiger partial charge < -0.3 is 15.4 Å². The van der Waals surface area contributed by atoms with E-state index in [2.05, 4.69) is 29.2 Å². The highest BCUT2D eigenvalue weighted by Crippen LogP contribution is 2.22. The molecule has 94 valence electrons. The molecule has 0 radical (unpaired) electrons. The summed E-state index contributed by atoms with van der Waals surface area (Å²) in [5, 5.41) is 0. The molecule has 2 atom stereocenters. The molecule has 1 aromatic rings. The number of hydrogen-bond acceptors (Lipinski definition) is 3. The Kier molecular flexibility index (Phi) is 4.02. The lowest BCUT2D eigenvalue weighted by Gasteiger charge is -2.18. The Bertz CT molecular complexity index is 348. The smallest absolute Gasteiger partial charge is 0.0762 e. The summed E-state index contributed by atoms with van der Waals surface area (Å²) in [5.74, 6) is 0. The predicted octanol–water partition coefficient (Wildman–Crippen LogP) is 1.80. The van der Waals surface area contributed by atoms with E-state index in [1.54, 1.807) is 7.11 Å². The van der Waals surface area contributed by atoms with E-state index in [1.165, 1.54) is 11.3 Å². The minimum atomic E-state index is 0.227. The number of nitrogens with two attached hydrogens (primary N) is 1. The van der Waals surface area contributed by atoms with Gasteiger partial charge in [0.1, 0.15) is 0 Å². The van der Waals surface area contributed by atoms with Crippen LogP contribution in [0.3, 0.4) is 0 Å². The number of nitrogens with zero attached hydrogens (tertiary/aromatic N) is 1. The summed E-state index contributed by atoms with van der Waals surface area (Å²) in [7, 11) is 1.79. The monoisotopic (exact) mass is 234 g/mol. The standard InChI is InChI=1S/C14H22N2O/c1-11(15)9-12-3-5-13(6-4-12)16-8-7-14(10-16)17-2/h3-6,11,14H,7-10,15H2,1-2H3. The maximum atomic E-state index is 5.79. The molecular formula is C14H22N2O. The Balaban J connectivity index is 1.98. The van der Waals surface area contributed by atoms with Crippen molar-refractivity contribution in [3.8, 4) is 0 Å². The zero-order chi connectivity index (χ0) is 12.3. The van der Waals surface area contributed by atoms with E-state index in [9.17, 15) is 0 Å². The Morgan fingerprint density at radius 2 is 2.12 bits per heavy atom. The highest BCUT2D eigenvalue weighted by atomic mass is 16.5. The third-order valence-corrected chi connectivity index (χ3v) is 3.34. The van der Waals surface area contributed by atoms with Crippen molar-refractivity contribution in [1.29, 1.82) is 0 Å². The molecule has 2 unspecified atom stereocenters. The SMILES string of the molecule is COC1CCN(c2ccc(CC(C)N)cc2)C1. The van der Waals surface area contributed by atoms with Gasteiger partial charge in [0.2, 0.25) is 0 Å². The van der Waals surface area contributed by atoms with Crippen molar-refractivity contribution in [2.45, 2.75) is 31.9 Å². The maximum Gasteiger partial charge on any atom is 0.0762 e. The lowest BCUT2D eigenvalue weighted by Crippen LogP contribution is -2.22. The molecule has 0 aromatic heterocycles. The van der Waals surface area contributed by atoms with Gasteiger partial charge in [-0.25, -0.2) is 0 Å². The molecule has 2 rings (SSSR count). The van der Waals surface area contributed by atoms with E-state index in [0.29, 0.717) is 6.10 Å². The van der Waals surface area contributed by atoms with Crippen molar-refractivity contribution < 1.29 is 4.74 Å². The molecule has 0 aliphatic carbocycles. The maximum absolute atomic E-state index is 5.79. The number of anilines is 1. The molecule has 1 aromatic carbocycles. The lowest BCUT2D eigenvalue weighted by atomic mass is 10.1. The Morgan fingerprint density at radius 3 is 2.65 bits per heavy atom. The molecule has 2 N–H and O–H groups in total. The van der Waals surface area contributed by atoms with Gasteiger partial charge in [0, 0.05) is 31.9 Å². The fraction of sp³-hybridized carbons (Fsp3) is 0.571. The van der Waals surface area contributed by atoms with Crippen LogP contribution in [0.25, 0.3) is 0 Å². The third kappa shape index (κ3) is 3.20. The molecule has 3 heteroatoms. The van der Waals surface area contributed by atoms with E-state index in [4.69, 9.17) is 10.5 Å². The number of benzene rings is 1. The first-order valence-electron chi connectivity index (χ1n) is 6.31. The third-order valence-electron chi connectivity index (χ3n) is 3.34. The molecular weight excluding hydrogens is 212 g/mol. The number of hydrogen-bond donors (Lipinski definition) is 1. The fourth-order valence-electron chi connectivity index (χ4n) is 2.37. The van der Waals surface area contributed by atoms with Crippen LogP contribution in [0.5, 0.6) is 0 Å². The zero-order valence-electron chi connectivity index (χ0n) is 10.7. The summed E-state index contributed by atoms with van der Waals surface area (Å²) >= 11 is 0. The molecule has 1 aliphatic heterocycles. The second kappa shape index (κ2) is 5.52. The van der Waals surface area contributed by atoms with Crippen molar-refractivity contribution in [3.63, 3.8) is 0 Å². The van der Waals surface area contributed by atoms with Crippen molar-refractivity contribution in [3.05, 3.63) is 29.8 Å². The van der Waals surface area contributed by atoms with Crippen LogP contribution in [0.1, 0.15) is 18.9 Å². The summed E-state index contributed by atoms with van der Waals surface area (Å²) in [6, 6.07) is 8.97. The molecule has 0 spiro atoms. The molecule has 0 bridgehead atoms. The van der Waals surface area contributed by atoms with Gasteiger partial charge in [-0.1, -0.05) is 12.1 Å². The second-order valence-electron chi connectivity index (χ2n) is 4.94. The minimum absolute atomic E-state index is 0.227. The summed E-state index contributed by atoms with van der Waals surface area (Å²) in [6.45, 7) is 4.13. The van der Waals surface area contributed by atoms with E-state index in [1.807, 2.05) is 6.92 Å². The zero-order valence-corrected chi connectivity index (χ0v) is 10.7. The largest absolute Gasteiger partial charge is 0.380 e. The first kappa shape index (κ1) is 12.4. The van der Waals surface area contributed by atoms with Crippen LogP contribution in [0.2, 0.25) is 0 Å². The van der Waals surface area contributed by atoms with Crippen molar-refractivity contribution in [2.75, 3.05) is 25.1 Å². The van der Waals surface area contributed by atoms with E-state index in [0.717, 1.165) is 25.9 Å². The van der Waals surface area contributed by atoms with Gasteiger partial charge in [-0.3, -0.25) is 0 Å². The molecule has 1 aliphatic rings. The van der Waals surface area contributed by atoms with E-state index < -0.39 is 0 Å². The summed E-state index contributed by atoms with van der Waals surface area (Å²) in [4.78, 5) is 2.38. The predicted molar refractivity (Wildman–Crippen MR) is 71.4 cm³/mol. The summed E-state index contributed by atoms with van der Waals surface area (Å²) < 4.78 is 5.38. The Morgan fingerprint density at radius 1 is 1.41 bits per heavy atom. The van der Waals surface area contributed by atoms with Crippen LogP contribution in [0.15, 0.2) is 24.3 Å². The first-order chi connectivity index (χ1) is 8.19. The topological polar surface area (TPSA) is 38.5 Å². The minimum Gasteiger partial charge on any atom is -0.380 e. The molecule has 0 saturated carbocycles. The fourth-order valence-corrected chi connectivity index (χ4v) is 2.37. The van der Waals surface area contributed by atoms with E-state index in [-0.39, 0.29) is 6.04 Å². The number of methoxy groups -OCH3 is 1. The first-order valence-corrected chi connectivity index (χ1v) is 6.31. The Labute approximate surface area is 104 Å². The van der Waals surface area contributed by atoms with Gasteiger partial charge >= 0.3 is 0 Å². The quantitative estimate of drug-likeness (QED) is 0.863. The van der Waals surface area contributed by atoms with Gasteiger partial charge in [0.15, 0.2) is 0 Å². The average molecular weight is 234 g/mol. The van der Waals surface area contributed by atoms with Crippen LogP contribution >= 0.6 is 0 Å². The van der Waals surface area contributed by atoms with Crippen LogP contribution in [-0.4, -0.2) is 32.3 Å². The summed E-state index contributed by atoms with van der Waals surface area (Å²) in [6.07, 6.45) is 2.46. The highest BCUT2D eigenvalue weighted by molar-refractivity contribution is 5.48. The van der Waals surface area contributed by atoms with Gasteiger partial charge in [0.25, 0.3) is 0 Å². The van der Waals surface area contributed by atoms with E-state index >= 15 is 0 Å². The van der Waals surface area contributed by atoms with Gasteiger partial charge in [-0.15, -0.1) is 0 Å². The number of ether oxygens (including phenoxy) is 1. The molecule has 0 amide bonds. The lowest BCUT2D eigenvalue weighted by molar-refractivity contribution is 0.121. The van der Waals surface area contributed by atoms with Gasteiger partial charge in [-0.2, -0.15) is 0 Å². The van der Waals surface area contributed by atoms with Crippen molar-refractivity contribution in [2.24, 2.45) is 5.73 Å². The second-order valence-corrected chi connectivity index (χ2v) is 4.94. The molecule has 1 saturated heterocycles. The van der Waals surface area contributed by atoms with Gasteiger partial charge in [-0.05, 0) is 37.5 Å². The average Bonchev–Trinajstić information content (AvgIpc) is 2.78. The molecule has 17 heavy (non-hydrogen) atoms. The normalized spacial score (nSPS) is 21.8. The summed E-state index contributed by atoms with van der Waals surface area (Å²) in [5.41, 5.74) is 8.40. The number of rotatable bonds is 4. The van der Waals surface area contributed by atoms with Crippen LogP contribution in [0.4, 0.5) is 5.69 Å². The van der Waals surface area contributed by atoms with Gasteiger partial charge in [0.05, 0.1) is 6.10 Å². The molecule has 1 fully saturated rings. The van der Waals surface area contributed by atoms with Crippen LogP contribution in [-0.2, 0) is 11.2 Å². The highest BCUT2D eigenvalue weighted by Gasteiger charge is 2.21. The van der Waals surface area contributed by atoms with Crippen molar-refractivity contribution in [1.82, 2.24) is 0 Å². The van der Waals surface area contributed by atoms with Crippen molar-refractivity contribution >= 4 is 5.69 Å².